The molecule has 1 saturated heterocycles. The minimum absolute atomic E-state index is 0.353. The van der Waals surface area contributed by atoms with Crippen LogP contribution in [0.1, 0.15) is 29.2 Å². The van der Waals surface area contributed by atoms with Crippen molar-refractivity contribution in [2.75, 3.05) is 32.8 Å². The summed E-state index contributed by atoms with van der Waals surface area (Å²) < 4.78 is 5.32. The van der Waals surface area contributed by atoms with Gasteiger partial charge in [-0.15, -0.1) is 0 Å². The lowest BCUT2D eigenvalue weighted by Crippen LogP contribution is -2.37. The molecule has 3 nitrogen and oxygen atoms in total. The van der Waals surface area contributed by atoms with Gasteiger partial charge >= 0.3 is 0 Å². The van der Waals surface area contributed by atoms with Gasteiger partial charge < -0.3 is 9.84 Å². The van der Waals surface area contributed by atoms with Gasteiger partial charge in [0.2, 0.25) is 0 Å². The van der Waals surface area contributed by atoms with Crippen LogP contribution in [0.5, 0.6) is 0 Å². The Morgan fingerprint density at radius 1 is 1.28 bits per heavy atom. The van der Waals surface area contributed by atoms with Crippen LogP contribution in [-0.4, -0.2) is 42.9 Å². The van der Waals surface area contributed by atoms with E-state index >= 15 is 0 Å². The number of aliphatic hydroxyl groups excluding tert-OH is 1. The van der Waals surface area contributed by atoms with Crippen molar-refractivity contribution < 1.29 is 9.84 Å². The largest absolute Gasteiger partial charge is 0.388 e. The molecule has 1 aliphatic heterocycles. The maximum atomic E-state index is 10.3. The van der Waals surface area contributed by atoms with E-state index in [1.54, 1.807) is 0 Å². The molecule has 0 saturated carbocycles. The summed E-state index contributed by atoms with van der Waals surface area (Å²) in [5, 5.41) is 10.3. The maximum absolute atomic E-state index is 10.3. The van der Waals surface area contributed by atoms with Crippen molar-refractivity contribution in [1.82, 2.24) is 4.90 Å². The summed E-state index contributed by atoms with van der Waals surface area (Å²) in [6, 6.07) is 6.25. The third kappa shape index (κ3) is 3.55. The zero-order chi connectivity index (χ0) is 13.0. The van der Waals surface area contributed by atoms with E-state index in [1.165, 1.54) is 11.1 Å². The summed E-state index contributed by atoms with van der Waals surface area (Å²) in [6.45, 7) is 8.70. The number of nitrogens with zero attached hydrogens (tertiary/aromatic N) is 1. The van der Waals surface area contributed by atoms with Gasteiger partial charge in [0.25, 0.3) is 0 Å². The summed E-state index contributed by atoms with van der Waals surface area (Å²) >= 11 is 0. The van der Waals surface area contributed by atoms with Crippen molar-refractivity contribution in [2.45, 2.75) is 26.4 Å². The zero-order valence-electron chi connectivity index (χ0n) is 11.4. The van der Waals surface area contributed by atoms with Crippen LogP contribution in [0.15, 0.2) is 18.2 Å². The molecule has 1 heterocycles. The molecule has 0 radical (unpaired) electrons. The molecule has 0 aromatic heterocycles. The first-order valence-corrected chi connectivity index (χ1v) is 6.72. The fourth-order valence-corrected chi connectivity index (χ4v) is 2.48. The van der Waals surface area contributed by atoms with Crippen molar-refractivity contribution in [2.24, 2.45) is 0 Å². The molecule has 0 amide bonds. The van der Waals surface area contributed by atoms with Crippen molar-refractivity contribution in [3.05, 3.63) is 34.9 Å². The van der Waals surface area contributed by atoms with Crippen LogP contribution >= 0.6 is 0 Å². The Morgan fingerprint density at radius 2 is 2.00 bits per heavy atom. The van der Waals surface area contributed by atoms with Crippen LogP contribution in [0.25, 0.3) is 0 Å². The van der Waals surface area contributed by atoms with E-state index in [9.17, 15) is 5.11 Å². The fourth-order valence-electron chi connectivity index (χ4n) is 2.48. The maximum Gasteiger partial charge on any atom is 0.0804 e. The monoisotopic (exact) mass is 249 g/mol. The molecule has 0 spiro atoms. The lowest BCUT2D eigenvalue weighted by molar-refractivity contribution is 0.0300. The second-order valence-corrected chi connectivity index (χ2v) is 5.12. The summed E-state index contributed by atoms with van der Waals surface area (Å²) in [6.07, 6.45) is 0.442. The highest BCUT2D eigenvalue weighted by Gasteiger charge is 2.14. The minimum Gasteiger partial charge on any atom is -0.388 e. The molecule has 0 unspecified atom stereocenters. The second-order valence-electron chi connectivity index (χ2n) is 5.12. The van der Waals surface area contributed by atoms with Gasteiger partial charge in [-0.2, -0.15) is 0 Å². The molecule has 3 heteroatoms. The summed E-state index contributed by atoms with van der Waals surface area (Å²) in [7, 11) is 0. The number of aliphatic hydroxyl groups is 1. The molecule has 1 aromatic carbocycles. The van der Waals surface area contributed by atoms with Crippen molar-refractivity contribution in [1.29, 1.82) is 0 Å². The van der Waals surface area contributed by atoms with Crippen molar-refractivity contribution in [3.63, 3.8) is 0 Å². The van der Waals surface area contributed by atoms with E-state index in [0.717, 1.165) is 44.8 Å². The average Bonchev–Trinajstić information content (AvgIpc) is 2.37. The number of aryl methyl sites for hydroxylation is 2. The van der Waals surface area contributed by atoms with Crippen molar-refractivity contribution in [3.8, 4) is 0 Å². The Balaban J connectivity index is 1.88. The average molecular weight is 249 g/mol. The van der Waals surface area contributed by atoms with Gasteiger partial charge in [-0.05, 0) is 31.4 Å². The molecular weight excluding hydrogens is 226 g/mol. The lowest BCUT2D eigenvalue weighted by atomic mass is 9.99. The Labute approximate surface area is 109 Å². The smallest absolute Gasteiger partial charge is 0.0804 e. The van der Waals surface area contributed by atoms with E-state index in [0.29, 0.717) is 0 Å². The van der Waals surface area contributed by atoms with Gasteiger partial charge in [0, 0.05) is 19.6 Å². The van der Waals surface area contributed by atoms with Gasteiger partial charge in [0.15, 0.2) is 0 Å². The highest BCUT2D eigenvalue weighted by Crippen LogP contribution is 2.22. The SMILES string of the molecule is Cc1ccc([C@@H](O)CCN2CCOCC2)c(C)c1. The van der Waals surface area contributed by atoms with Gasteiger partial charge in [-0.1, -0.05) is 23.8 Å². The summed E-state index contributed by atoms with van der Waals surface area (Å²) in [4.78, 5) is 2.36. The molecule has 1 fully saturated rings. The predicted octanol–water partition coefficient (Wildman–Crippen LogP) is 2.06. The first-order valence-electron chi connectivity index (χ1n) is 6.72. The molecule has 1 atom stereocenters. The van der Waals surface area contributed by atoms with Crippen LogP contribution in [0.3, 0.4) is 0 Å². The molecule has 18 heavy (non-hydrogen) atoms. The first-order chi connectivity index (χ1) is 8.66. The normalized spacial score (nSPS) is 18.8. The molecule has 2 rings (SSSR count). The quantitative estimate of drug-likeness (QED) is 0.886. The number of hydrogen-bond donors (Lipinski definition) is 1. The minimum atomic E-state index is -0.353. The van der Waals surface area contributed by atoms with Crippen molar-refractivity contribution >= 4 is 0 Å². The predicted molar refractivity (Wildman–Crippen MR) is 72.8 cm³/mol. The lowest BCUT2D eigenvalue weighted by Gasteiger charge is -2.27. The van der Waals surface area contributed by atoms with Crippen LogP contribution in [-0.2, 0) is 4.74 Å². The van der Waals surface area contributed by atoms with E-state index in [4.69, 9.17) is 4.74 Å². The fraction of sp³-hybridized carbons (Fsp3) is 0.600. The van der Waals surface area contributed by atoms with Gasteiger partial charge in [-0.25, -0.2) is 0 Å². The standard InChI is InChI=1S/C15H23NO2/c1-12-3-4-14(13(2)11-12)15(17)5-6-16-7-9-18-10-8-16/h3-4,11,15,17H,5-10H2,1-2H3/t15-/m0/s1. The van der Waals surface area contributed by atoms with E-state index in [-0.39, 0.29) is 6.10 Å². The topological polar surface area (TPSA) is 32.7 Å². The molecule has 1 N–H and O–H groups in total. The Hall–Kier alpha value is -0.900. The van der Waals surface area contributed by atoms with Gasteiger partial charge in [0.1, 0.15) is 0 Å². The highest BCUT2D eigenvalue weighted by atomic mass is 16.5. The molecule has 0 bridgehead atoms. The number of morpholine rings is 1. The molecule has 0 aliphatic carbocycles. The number of rotatable bonds is 4. The molecule has 1 aliphatic rings. The number of hydrogen-bond acceptors (Lipinski definition) is 3. The summed E-state index contributed by atoms with van der Waals surface area (Å²) in [5.74, 6) is 0. The molecule has 100 valence electrons. The van der Waals surface area contributed by atoms with Crippen LogP contribution in [0, 0.1) is 13.8 Å². The molecule has 1 aromatic rings. The number of ether oxygens (including phenoxy) is 1. The van der Waals surface area contributed by atoms with Crippen LogP contribution in [0.2, 0.25) is 0 Å². The van der Waals surface area contributed by atoms with E-state index < -0.39 is 0 Å². The van der Waals surface area contributed by atoms with Crippen LogP contribution < -0.4 is 0 Å². The van der Waals surface area contributed by atoms with E-state index in [1.807, 2.05) is 0 Å². The third-order valence-electron chi connectivity index (χ3n) is 3.61. The Morgan fingerprint density at radius 3 is 2.67 bits per heavy atom. The highest BCUT2D eigenvalue weighted by molar-refractivity contribution is 5.31. The third-order valence-corrected chi connectivity index (χ3v) is 3.61. The van der Waals surface area contributed by atoms with Gasteiger partial charge in [-0.3, -0.25) is 4.90 Å². The molecular formula is C15H23NO2. The Bertz CT molecular complexity index is 386. The van der Waals surface area contributed by atoms with E-state index in [2.05, 4.69) is 36.9 Å². The summed E-state index contributed by atoms with van der Waals surface area (Å²) in [5.41, 5.74) is 3.50. The Kier molecular flexibility index (Phi) is 4.75. The second kappa shape index (κ2) is 6.32. The number of benzene rings is 1. The van der Waals surface area contributed by atoms with Crippen LogP contribution in [0.4, 0.5) is 0 Å². The zero-order valence-corrected chi connectivity index (χ0v) is 11.4. The van der Waals surface area contributed by atoms with Gasteiger partial charge in [0.05, 0.1) is 19.3 Å². The first kappa shape index (κ1) is 13.5.